The summed E-state index contributed by atoms with van der Waals surface area (Å²) in [5.41, 5.74) is 6.15. The lowest BCUT2D eigenvalue weighted by atomic mass is 9.67. The van der Waals surface area contributed by atoms with Crippen molar-refractivity contribution in [1.29, 1.82) is 0 Å². The van der Waals surface area contributed by atoms with Crippen molar-refractivity contribution in [2.75, 3.05) is 17.6 Å². The van der Waals surface area contributed by atoms with Crippen LogP contribution in [0.4, 0.5) is 10.9 Å². The minimum atomic E-state index is -0.100. The molecular weight excluding hydrogens is 272 g/mol. The van der Waals surface area contributed by atoms with Crippen molar-refractivity contribution in [1.82, 2.24) is 10.3 Å². The van der Waals surface area contributed by atoms with Gasteiger partial charge in [0.05, 0.1) is 0 Å². The Kier molecular flexibility index (Phi) is 4.52. The molecule has 0 atom stereocenters. The average molecular weight is 296 g/mol. The van der Waals surface area contributed by atoms with Crippen LogP contribution in [0.1, 0.15) is 56.1 Å². The van der Waals surface area contributed by atoms with Crippen LogP contribution >= 0.6 is 11.3 Å². The van der Waals surface area contributed by atoms with Gasteiger partial charge in [-0.25, -0.2) is 4.98 Å². The van der Waals surface area contributed by atoms with E-state index in [1.165, 1.54) is 30.6 Å². The molecule has 112 valence electrons. The van der Waals surface area contributed by atoms with E-state index in [0.717, 1.165) is 13.0 Å². The lowest BCUT2D eigenvalue weighted by Crippen LogP contribution is -2.41. The summed E-state index contributed by atoms with van der Waals surface area (Å²) in [5.74, 6) is 0.214. The van der Waals surface area contributed by atoms with Crippen LogP contribution in [0.15, 0.2) is 0 Å². The lowest BCUT2D eigenvalue weighted by Gasteiger charge is -2.41. The quantitative estimate of drug-likeness (QED) is 0.754. The summed E-state index contributed by atoms with van der Waals surface area (Å²) in [6.45, 7) is 6.99. The summed E-state index contributed by atoms with van der Waals surface area (Å²) in [6, 6.07) is 0.273. The number of amides is 1. The summed E-state index contributed by atoms with van der Waals surface area (Å²) in [5, 5.41) is 6.90. The molecule has 1 aromatic heterocycles. The summed E-state index contributed by atoms with van der Waals surface area (Å²) < 4.78 is 0. The summed E-state index contributed by atoms with van der Waals surface area (Å²) in [4.78, 5) is 16.9. The zero-order chi connectivity index (χ0) is 14.8. The van der Waals surface area contributed by atoms with Gasteiger partial charge in [0.1, 0.15) is 10.7 Å². The van der Waals surface area contributed by atoms with Gasteiger partial charge in [0.15, 0.2) is 5.13 Å². The first kappa shape index (κ1) is 15.1. The summed E-state index contributed by atoms with van der Waals surface area (Å²) in [6.07, 6.45) is 4.81. The third kappa shape index (κ3) is 3.23. The molecule has 1 aliphatic carbocycles. The third-order valence-electron chi connectivity index (χ3n) is 4.06. The Morgan fingerprint density at radius 3 is 2.70 bits per heavy atom. The number of carbonyl (C=O) groups is 1. The topological polar surface area (TPSA) is 80.0 Å². The van der Waals surface area contributed by atoms with Crippen molar-refractivity contribution in [2.24, 2.45) is 5.41 Å². The van der Waals surface area contributed by atoms with Gasteiger partial charge in [-0.15, -0.1) is 0 Å². The number of aromatic nitrogens is 1. The molecule has 1 amide bonds. The first-order valence-corrected chi connectivity index (χ1v) is 8.08. The Hall–Kier alpha value is -1.30. The Balaban J connectivity index is 1.96. The highest BCUT2D eigenvalue weighted by atomic mass is 32.1. The number of hydrogen-bond donors (Lipinski definition) is 3. The zero-order valence-corrected chi connectivity index (χ0v) is 13.3. The van der Waals surface area contributed by atoms with Crippen LogP contribution in [0.25, 0.3) is 0 Å². The number of nitrogens with one attached hydrogen (secondary N) is 2. The van der Waals surface area contributed by atoms with Crippen LogP contribution in [0.2, 0.25) is 0 Å². The molecule has 5 nitrogen and oxygen atoms in total. The second-order valence-electron chi connectivity index (χ2n) is 5.92. The maximum atomic E-state index is 12.2. The molecule has 1 fully saturated rings. The van der Waals surface area contributed by atoms with E-state index in [0.29, 0.717) is 21.2 Å². The van der Waals surface area contributed by atoms with Crippen LogP contribution in [0, 0.1) is 5.41 Å². The molecule has 0 bridgehead atoms. The van der Waals surface area contributed by atoms with E-state index in [4.69, 9.17) is 5.73 Å². The molecular formula is C14H24N4OS. The highest BCUT2D eigenvalue weighted by Crippen LogP contribution is 2.43. The van der Waals surface area contributed by atoms with Gasteiger partial charge in [-0.05, 0) is 38.5 Å². The molecule has 1 aliphatic rings. The summed E-state index contributed by atoms with van der Waals surface area (Å²) >= 11 is 1.32. The molecule has 1 saturated carbocycles. The Morgan fingerprint density at radius 2 is 2.20 bits per heavy atom. The predicted octanol–water partition coefficient (Wildman–Crippen LogP) is 2.86. The van der Waals surface area contributed by atoms with Crippen molar-refractivity contribution >= 4 is 28.2 Å². The Morgan fingerprint density at radius 1 is 1.50 bits per heavy atom. The van der Waals surface area contributed by atoms with Gasteiger partial charge in [0.2, 0.25) is 0 Å². The van der Waals surface area contributed by atoms with Gasteiger partial charge >= 0.3 is 0 Å². The standard InChI is InChI=1S/C14H24N4OS/c1-4-14(6-5-7-14)8-16-12(19)10-11(15)18-13(20-10)17-9(2)3/h9H,4-8,15H2,1-3H3,(H,16,19)(H,17,18). The van der Waals surface area contributed by atoms with Crippen molar-refractivity contribution in [3.05, 3.63) is 4.88 Å². The molecule has 2 rings (SSSR count). The molecule has 1 heterocycles. The molecule has 4 N–H and O–H groups in total. The fourth-order valence-electron chi connectivity index (χ4n) is 2.48. The fourth-order valence-corrected chi connectivity index (χ4v) is 3.43. The first-order valence-electron chi connectivity index (χ1n) is 7.27. The van der Waals surface area contributed by atoms with Crippen LogP contribution in [0.3, 0.4) is 0 Å². The maximum Gasteiger partial charge on any atom is 0.265 e. The molecule has 0 unspecified atom stereocenters. The van der Waals surface area contributed by atoms with E-state index < -0.39 is 0 Å². The van der Waals surface area contributed by atoms with Gasteiger partial charge in [0, 0.05) is 12.6 Å². The third-order valence-corrected chi connectivity index (χ3v) is 5.06. The second kappa shape index (κ2) is 5.99. The van der Waals surface area contributed by atoms with Crippen LogP contribution in [-0.4, -0.2) is 23.5 Å². The van der Waals surface area contributed by atoms with Crippen molar-refractivity contribution < 1.29 is 4.79 Å². The lowest BCUT2D eigenvalue weighted by molar-refractivity contribution is 0.0854. The highest BCUT2D eigenvalue weighted by Gasteiger charge is 2.35. The Bertz CT molecular complexity index is 474. The van der Waals surface area contributed by atoms with Gasteiger partial charge < -0.3 is 16.4 Å². The number of nitrogens with two attached hydrogens (primary N) is 1. The molecule has 0 aromatic carbocycles. The number of hydrogen-bond acceptors (Lipinski definition) is 5. The zero-order valence-electron chi connectivity index (χ0n) is 12.5. The number of anilines is 2. The minimum Gasteiger partial charge on any atom is -0.382 e. The molecule has 6 heteroatoms. The van der Waals surface area contributed by atoms with Crippen LogP contribution < -0.4 is 16.4 Å². The van der Waals surface area contributed by atoms with E-state index in [9.17, 15) is 4.79 Å². The first-order chi connectivity index (χ1) is 9.46. The SMILES string of the molecule is CCC1(CNC(=O)c2sc(NC(C)C)nc2N)CCC1. The average Bonchev–Trinajstić information content (AvgIpc) is 2.68. The Labute approximate surface area is 124 Å². The number of nitrogen functional groups attached to an aromatic ring is 1. The van der Waals surface area contributed by atoms with E-state index in [2.05, 4.69) is 22.5 Å². The minimum absolute atomic E-state index is 0.100. The maximum absolute atomic E-state index is 12.2. The van der Waals surface area contributed by atoms with Gasteiger partial charge in [-0.2, -0.15) is 0 Å². The number of nitrogens with zero attached hydrogens (tertiary/aromatic N) is 1. The van der Waals surface area contributed by atoms with E-state index in [1.54, 1.807) is 0 Å². The molecule has 1 aromatic rings. The molecule has 20 heavy (non-hydrogen) atoms. The van der Waals surface area contributed by atoms with Crippen molar-refractivity contribution in [3.63, 3.8) is 0 Å². The van der Waals surface area contributed by atoms with Gasteiger partial charge in [-0.1, -0.05) is 24.7 Å². The van der Waals surface area contributed by atoms with Crippen molar-refractivity contribution in [3.8, 4) is 0 Å². The van der Waals surface area contributed by atoms with E-state index in [1.807, 2.05) is 13.8 Å². The monoisotopic (exact) mass is 296 g/mol. The van der Waals surface area contributed by atoms with Gasteiger partial charge in [-0.3, -0.25) is 4.79 Å². The predicted molar refractivity (Wildman–Crippen MR) is 84.2 cm³/mol. The largest absolute Gasteiger partial charge is 0.382 e. The van der Waals surface area contributed by atoms with E-state index >= 15 is 0 Å². The van der Waals surface area contributed by atoms with Gasteiger partial charge in [0.25, 0.3) is 5.91 Å². The fraction of sp³-hybridized carbons (Fsp3) is 0.714. The van der Waals surface area contributed by atoms with Crippen LogP contribution in [0.5, 0.6) is 0 Å². The number of thiazole rings is 1. The smallest absolute Gasteiger partial charge is 0.265 e. The molecule has 0 radical (unpaired) electrons. The molecule has 0 aliphatic heterocycles. The molecule has 0 spiro atoms. The normalized spacial score (nSPS) is 16.8. The van der Waals surface area contributed by atoms with Crippen molar-refractivity contribution in [2.45, 2.75) is 52.5 Å². The highest BCUT2D eigenvalue weighted by molar-refractivity contribution is 7.18. The van der Waals surface area contributed by atoms with Crippen LogP contribution in [-0.2, 0) is 0 Å². The number of carbonyl (C=O) groups excluding carboxylic acids is 1. The second-order valence-corrected chi connectivity index (χ2v) is 6.92. The number of rotatable bonds is 6. The summed E-state index contributed by atoms with van der Waals surface area (Å²) in [7, 11) is 0. The molecule has 0 saturated heterocycles. The van der Waals surface area contributed by atoms with E-state index in [-0.39, 0.29) is 11.9 Å².